The molecule has 0 radical (unpaired) electrons. The molecular formula is C54H93NO8. The van der Waals surface area contributed by atoms with Crippen LogP contribution in [0.4, 0.5) is 0 Å². The topological polar surface area (TPSA) is 149 Å². The van der Waals surface area contributed by atoms with E-state index in [-0.39, 0.29) is 12.5 Å². The Labute approximate surface area is 384 Å². The SMILES string of the molecule is CC/C=C\C/C=C\C/C=C\C/C=C\C/C=C\C/C=C\C/C=C\CCCCCCCCCCCCCCCCCC(=O)NC(COC1OC(CO)C(O)C(O)C1O)C(O)CCCCC. The third-order valence-electron chi connectivity index (χ3n) is 11.5. The number of allylic oxidation sites excluding steroid dienone is 14. The number of ether oxygens (including phenoxy) is 2. The Kier molecular flexibility index (Phi) is 40.1. The van der Waals surface area contributed by atoms with E-state index in [1.807, 2.05) is 0 Å². The minimum absolute atomic E-state index is 0.145. The van der Waals surface area contributed by atoms with Crippen LogP contribution in [0.1, 0.15) is 194 Å². The van der Waals surface area contributed by atoms with Crippen molar-refractivity contribution in [1.29, 1.82) is 0 Å². The lowest BCUT2D eigenvalue weighted by atomic mass is 9.99. The second kappa shape index (κ2) is 43.3. The molecule has 1 aliphatic heterocycles. The molecule has 63 heavy (non-hydrogen) atoms. The molecular weight excluding hydrogens is 791 g/mol. The molecule has 7 atom stereocenters. The van der Waals surface area contributed by atoms with Gasteiger partial charge in [-0.3, -0.25) is 4.79 Å². The molecule has 9 nitrogen and oxygen atoms in total. The van der Waals surface area contributed by atoms with E-state index in [9.17, 15) is 30.3 Å². The molecule has 0 spiro atoms. The molecule has 1 rings (SSSR count). The second-order valence-corrected chi connectivity index (χ2v) is 17.2. The zero-order valence-corrected chi connectivity index (χ0v) is 39.8. The number of unbranched alkanes of at least 4 members (excludes halogenated alkanes) is 17. The van der Waals surface area contributed by atoms with Crippen LogP contribution in [0.3, 0.4) is 0 Å². The van der Waals surface area contributed by atoms with Gasteiger partial charge in [0.05, 0.1) is 25.4 Å². The van der Waals surface area contributed by atoms with Gasteiger partial charge in [0, 0.05) is 6.42 Å². The maximum absolute atomic E-state index is 12.8. The summed E-state index contributed by atoms with van der Waals surface area (Å²) in [4.78, 5) is 12.8. The monoisotopic (exact) mass is 884 g/mol. The van der Waals surface area contributed by atoms with Gasteiger partial charge in [-0.05, 0) is 70.6 Å². The quantitative estimate of drug-likeness (QED) is 0.0263. The van der Waals surface area contributed by atoms with Crippen molar-refractivity contribution < 1.29 is 39.8 Å². The molecule has 1 aliphatic rings. The summed E-state index contributed by atoms with van der Waals surface area (Å²) in [7, 11) is 0. The van der Waals surface area contributed by atoms with Gasteiger partial charge in [-0.2, -0.15) is 0 Å². The Bertz CT molecular complexity index is 1260. The Balaban J connectivity index is 1.98. The smallest absolute Gasteiger partial charge is 0.220 e. The van der Waals surface area contributed by atoms with Crippen molar-refractivity contribution >= 4 is 5.91 Å². The molecule has 7 unspecified atom stereocenters. The second-order valence-electron chi connectivity index (χ2n) is 17.2. The Hall–Kier alpha value is -2.63. The first kappa shape index (κ1) is 58.4. The molecule has 0 aliphatic carbocycles. The lowest BCUT2D eigenvalue weighted by Crippen LogP contribution is -2.60. The van der Waals surface area contributed by atoms with Crippen LogP contribution in [0, 0.1) is 0 Å². The highest BCUT2D eigenvalue weighted by Gasteiger charge is 2.44. The van der Waals surface area contributed by atoms with Crippen LogP contribution >= 0.6 is 0 Å². The van der Waals surface area contributed by atoms with E-state index >= 15 is 0 Å². The molecule has 1 heterocycles. The van der Waals surface area contributed by atoms with Gasteiger partial charge in [-0.1, -0.05) is 202 Å². The molecule has 1 fully saturated rings. The number of carbonyl (C=O) groups is 1. The van der Waals surface area contributed by atoms with Crippen molar-refractivity contribution in [3.05, 3.63) is 85.1 Å². The highest BCUT2D eigenvalue weighted by atomic mass is 16.7. The van der Waals surface area contributed by atoms with Gasteiger partial charge in [0.1, 0.15) is 24.4 Å². The number of rotatable bonds is 41. The van der Waals surface area contributed by atoms with Crippen LogP contribution in [0.5, 0.6) is 0 Å². The molecule has 1 amide bonds. The minimum atomic E-state index is -1.55. The number of nitrogens with one attached hydrogen (secondary N) is 1. The minimum Gasteiger partial charge on any atom is -0.394 e. The number of carbonyl (C=O) groups excluding carboxylic acids is 1. The summed E-state index contributed by atoms with van der Waals surface area (Å²) in [6, 6.07) is -0.717. The Morgan fingerprint density at radius 2 is 0.984 bits per heavy atom. The van der Waals surface area contributed by atoms with Gasteiger partial charge in [-0.25, -0.2) is 0 Å². The number of hydrogen-bond acceptors (Lipinski definition) is 8. The van der Waals surface area contributed by atoms with Gasteiger partial charge in [0.2, 0.25) is 5.91 Å². The van der Waals surface area contributed by atoms with Crippen LogP contribution in [-0.2, 0) is 14.3 Å². The molecule has 0 aromatic carbocycles. The largest absolute Gasteiger partial charge is 0.394 e. The van der Waals surface area contributed by atoms with E-state index in [0.29, 0.717) is 12.8 Å². The van der Waals surface area contributed by atoms with Gasteiger partial charge < -0.3 is 40.3 Å². The maximum Gasteiger partial charge on any atom is 0.220 e. The van der Waals surface area contributed by atoms with Crippen LogP contribution in [0.2, 0.25) is 0 Å². The van der Waals surface area contributed by atoms with E-state index in [0.717, 1.165) is 83.5 Å². The fourth-order valence-electron chi connectivity index (χ4n) is 7.49. The van der Waals surface area contributed by atoms with Crippen molar-refractivity contribution in [3.63, 3.8) is 0 Å². The number of aliphatic hydroxyl groups is 5. The van der Waals surface area contributed by atoms with Gasteiger partial charge >= 0.3 is 0 Å². The number of amides is 1. The van der Waals surface area contributed by atoms with E-state index in [1.54, 1.807) is 0 Å². The van der Waals surface area contributed by atoms with Crippen LogP contribution < -0.4 is 5.32 Å². The zero-order valence-electron chi connectivity index (χ0n) is 39.8. The van der Waals surface area contributed by atoms with Crippen LogP contribution in [0.15, 0.2) is 85.1 Å². The molecule has 0 aromatic rings. The average Bonchev–Trinajstić information content (AvgIpc) is 3.28. The average molecular weight is 884 g/mol. The van der Waals surface area contributed by atoms with Gasteiger partial charge in [-0.15, -0.1) is 0 Å². The summed E-state index contributed by atoms with van der Waals surface area (Å²) in [5, 5.41) is 53.6. The summed E-state index contributed by atoms with van der Waals surface area (Å²) < 4.78 is 11.1. The first-order valence-electron chi connectivity index (χ1n) is 25.3. The summed E-state index contributed by atoms with van der Waals surface area (Å²) in [6.45, 7) is 3.54. The third-order valence-corrected chi connectivity index (χ3v) is 11.5. The molecule has 0 saturated carbocycles. The van der Waals surface area contributed by atoms with E-state index < -0.39 is 49.5 Å². The first-order valence-corrected chi connectivity index (χ1v) is 25.3. The van der Waals surface area contributed by atoms with Crippen molar-refractivity contribution in [3.8, 4) is 0 Å². The van der Waals surface area contributed by atoms with Crippen molar-refractivity contribution in [2.24, 2.45) is 0 Å². The fourth-order valence-corrected chi connectivity index (χ4v) is 7.49. The zero-order chi connectivity index (χ0) is 45.9. The standard InChI is InChI=1S/C54H93NO8/c1-3-5-7-8-9-10-11-12-13-14-15-16-17-18-19-20-21-22-23-24-25-26-27-28-29-30-31-32-33-34-35-36-37-38-39-40-42-44-50(58)55-47(48(57)43-41-6-4-2)46-62-54-53(61)52(60)51(59)49(45-56)63-54/h5,7,9-10,12-13,15-16,18-19,21-22,24-25,47-49,51-54,56-57,59-61H,3-4,6,8,11,14,17,20,23,26-46H2,1-2H3,(H,55,58)/b7-5-,10-9-,13-12-,16-15-,19-18-,22-21-,25-24-. The summed E-state index contributed by atoms with van der Waals surface area (Å²) in [6.07, 6.45) is 54.3. The molecule has 362 valence electrons. The predicted molar refractivity (Wildman–Crippen MR) is 262 cm³/mol. The Morgan fingerprint density at radius 3 is 1.43 bits per heavy atom. The molecule has 6 N–H and O–H groups in total. The van der Waals surface area contributed by atoms with Crippen molar-refractivity contribution in [2.45, 2.75) is 236 Å². The lowest BCUT2D eigenvalue weighted by molar-refractivity contribution is -0.302. The fraction of sp³-hybridized carbons (Fsp3) is 0.722. The summed E-state index contributed by atoms with van der Waals surface area (Å²) in [5.41, 5.74) is 0. The highest BCUT2D eigenvalue weighted by Crippen LogP contribution is 2.23. The van der Waals surface area contributed by atoms with Crippen molar-refractivity contribution in [2.75, 3.05) is 13.2 Å². The molecule has 0 bridgehead atoms. The lowest BCUT2D eigenvalue weighted by Gasteiger charge is -2.40. The number of aliphatic hydroxyl groups excluding tert-OH is 5. The van der Waals surface area contributed by atoms with E-state index in [1.165, 1.54) is 83.5 Å². The van der Waals surface area contributed by atoms with Gasteiger partial charge in [0.15, 0.2) is 6.29 Å². The summed E-state index contributed by atoms with van der Waals surface area (Å²) >= 11 is 0. The van der Waals surface area contributed by atoms with Crippen LogP contribution in [-0.4, -0.2) is 87.5 Å². The predicted octanol–water partition coefficient (Wildman–Crippen LogP) is 11.5. The molecule has 1 saturated heterocycles. The number of hydrogen-bond donors (Lipinski definition) is 6. The van der Waals surface area contributed by atoms with E-state index in [2.05, 4.69) is 104 Å². The highest BCUT2D eigenvalue weighted by molar-refractivity contribution is 5.76. The maximum atomic E-state index is 12.8. The molecule has 9 heteroatoms. The summed E-state index contributed by atoms with van der Waals surface area (Å²) in [5.74, 6) is -0.160. The van der Waals surface area contributed by atoms with E-state index in [4.69, 9.17) is 9.47 Å². The van der Waals surface area contributed by atoms with Gasteiger partial charge in [0.25, 0.3) is 0 Å². The third kappa shape index (κ3) is 33.5. The van der Waals surface area contributed by atoms with Crippen molar-refractivity contribution in [1.82, 2.24) is 5.32 Å². The Morgan fingerprint density at radius 1 is 0.556 bits per heavy atom. The molecule has 0 aromatic heterocycles. The van der Waals surface area contributed by atoms with Crippen LogP contribution in [0.25, 0.3) is 0 Å². The first-order chi connectivity index (χ1) is 30.8. The normalized spacial score (nSPS) is 20.9.